The first kappa shape index (κ1) is 7.89. The Morgan fingerprint density at radius 2 is 2.40 bits per heavy atom. The lowest BCUT2D eigenvalue weighted by atomic mass is 10.4. The minimum atomic E-state index is 0.495. The highest BCUT2D eigenvalue weighted by Gasteiger charge is 1.91. The Morgan fingerprint density at radius 1 is 1.60 bits per heavy atom. The first-order valence-electron chi connectivity index (χ1n) is 2.91. The van der Waals surface area contributed by atoms with Gasteiger partial charge in [0, 0.05) is 11.1 Å². The van der Waals surface area contributed by atoms with Crippen LogP contribution in [0.25, 0.3) is 0 Å². The number of alkyl halides is 1. The molecular weight excluding hydrogens is 166 g/mol. The van der Waals surface area contributed by atoms with Gasteiger partial charge in [0.25, 0.3) is 0 Å². The van der Waals surface area contributed by atoms with Crippen molar-refractivity contribution in [2.45, 2.75) is 10.8 Å². The third kappa shape index (κ3) is 1.89. The molecule has 0 unspecified atom stereocenters. The van der Waals surface area contributed by atoms with Gasteiger partial charge >= 0.3 is 0 Å². The van der Waals surface area contributed by atoms with Crippen LogP contribution in [0.2, 0.25) is 0 Å². The molecule has 0 aliphatic heterocycles. The van der Waals surface area contributed by atoms with E-state index in [0.29, 0.717) is 5.88 Å². The molecule has 0 saturated carbocycles. The Hall–Kier alpha value is -0.210. The fraction of sp³-hybridized carbons (Fsp3) is 0.286. The highest BCUT2D eigenvalue weighted by molar-refractivity contribution is 7.98. The van der Waals surface area contributed by atoms with E-state index in [4.69, 9.17) is 11.6 Å². The maximum Gasteiger partial charge on any atom is 0.0647 e. The SMILES string of the molecule is CSc1ccc(CCl)nc1. The number of hydrogen-bond donors (Lipinski definition) is 0. The fourth-order valence-electron chi connectivity index (χ4n) is 0.611. The average Bonchev–Trinajstić information content (AvgIpc) is 2.05. The summed E-state index contributed by atoms with van der Waals surface area (Å²) in [5, 5.41) is 0. The molecule has 0 saturated heterocycles. The second-order valence-electron chi connectivity index (χ2n) is 1.82. The van der Waals surface area contributed by atoms with Crippen LogP contribution >= 0.6 is 23.4 Å². The van der Waals surface area contributed by atoms with Gasteiger partial charge in [0.2, 0.25) is 0 Å². The summed E-state index contributed by atoms with van der Waals surface area (Å²) in [7, 11) is 0. The van der Waals surface area contributed by atoms with Crippen molar-refractivity contribution in [2.75, 3.05) is 6.26 Å². The van der Waals surface area contributed by atoms with Crippen LogP contribution in [0.4, 0.5) is 0 Å². The van der Waals surface area contributed by atoms with Gasteiger partial charge in [-0.2, -0.15) is 0 Å². The van der Waals surface area contributed by atoms with Crippen LogP contribution in [0.5, 0.6) is 0 Å². The van der Waals surface area contributed by atoms with Gasteiger partial charge in [-0.1, -0.05) is 0 Å². The molecule has 1 heterocycles. The maximum absolute atomic E-state index is 5.55. The van der Waals surface area contributed by atoms with E-state index in [1.165, 1.54) is 4.90 Å². The van der Waals surface area contributed by atoms with Gasteiger partial charge in [-0.15, -0.1) is 23.4 Å². The van der Waals surface area contributed by atoms with Gasteiger partial charge in [-0.25, -0.2) is 0 Å². The van der Waals surface area contributed by atoms with Crippen molar-refractivity contribution < 1.29 is 0 Å². The van der Waals surface area contributed by atoms with Crippen LogP contribution in [0.3, 0.4) is 0 Å². The number of nitrogens with zero attached hydrogens (tertiary/aromatic N) is 1. The van der Waals surface area contributed by atoms with Gasteiger partial charge < -0.3 is 0 Å². The predicted octanol–water partition coefficient (Wildman–Crippen LogP) is 2.54. The van der Waals surface area contributed by atoms with Crippen molar-refractivity contribution in [1.82, 2.24) is 4.98 Å². The summed E-state index contributed by atoms with van der Waals surface area (Å²) < 4.78 is 0. The summed E-state index contributed by atoms with van der Waals surface area (Å²) in [4.78, 5) is 5.29. The Bertz CT molecular complexity index is 174. The van der Waals surface area contributed by atoms with E-state index in [9.17, 15) is 0 Å². The lowest BCUT2D eigenvalue weighted by Crippen LogP contribution is -1.82. The van der Waals surface area contributed by atoms with Crippen LogP contribution in [-0.2, 0) is 5.88 Å². The van der Waals surface area contributed by atoms with Gasteiger partial charge in [0.05, 0.1) is 11.6 Å². The molecule has 1 aromatic heterocycles. The molecule has 1 nitrogen and oxygen atoms in total. The number of pyridine rings is 1. The Labute approximate surface area is 69.8 Å². The second kappa shape index (κ2) is 3.84. The van der Waals surface area contributed by atoms with Crippen molar-refractivity contribution >= 4 is 23.4 Å². The van der Waals surface area contributed by atoms with E-state index in [1.807, 2.05) is 24.6 Å². The zero-order valence-electron chi connectivity index (χ0n) is 5.67. The van der Waals surface area contributed by atoms with Crippen molar-refractivity contribution in [3.05, 3.63) is 24.0 Å². The van der Waals surface area contributed by atoms with Gasteiger partial charge in [0.15, 0.2) is 0 Å². The summed E-state index contributed by atoms with van der Waals surface area (Å²) >= 11 is 7.24. The maximum atomic E-state index is 5.55. The number of halogens is 1. The molecule has 0 aromatic carbocycles. The van der Waals surface area contributed by atoms with Crippen molar-refractivity contribution in [3.63, 3.8) is 0 Å². The largest absolute Gasteiger partial charge is 0.259 e. The van der Waals surface area contributed by atoms with Crippen LogP contribution in [0, 0.1) is 0 Å². The zero-order chi connectivity index (χ0) is 7.40. The van der Waals surface area contributed by atoms with E-state index in [2.05, 4.69) is 4.98 Å². The monoisotopic (exact) mass is 173 g/mol. The third-order valence-corrected chi connectivity index (χ3v) is 2.16. The van der Waals surface area contributed by atoms with E-state index in [1.54, 1.807) is 11.8 Å². The molecule has 54 valence electrons. The third-order valence-electron chi connectivity index (χ3n) is 1.17. The Kier molecular flexibility index (Phi) is 3.03. The molecule has 0 radical (unpaired) electrons. The van der Waals surface area contributed by atoms with E-state index in [-0.39, 0.29) is 0 Å². The predicted molar refractivity (Wildman–Crippen MR) is 45.6 cm³/mol. The molecule has 0 spiro atoms. The summed E-state index contributed by atoms with van der Waals surface area (Å²) in [6, 6.07) is 3.97. The van der Waals surface area contributed by atoms with Crippen LogP contribution in [-0.4, -0.2) is 11.2 Å². The molecule has 0 aliphatic rings. The molecule has 10 heavy (non-hydrogen) atoms. The molecule has 0 atom stereocenters. The van der Waals surface area contributed by atoms with Crippen molar-refractivity contribution in [1.29, 1.82) is 0 Å². The lowest BCUT2D eigenvalue weighted by Gasteiger charge is -1.95. The van der Waals surface area contributed by atoms with Crippen molar-refractivity contribution in [2.24, 2.45) is 0 Å². The molecular formula is C7H8ClNS. The molecule has 0 N–H and O–H groups in total. The van der Waals surface area contributed by atoms with Crippen molar-refractivity contribution in [3.8, 4) is 0 Å². The quantitative estimate of drug-likeness (QED) is 0.504. The van der Waals surface area contributed by atoms with Gasteiger partial charge in [-0.3, -0.25) is 4.98 Å². The van der Waals surface area contributed by atoms with E-state index in [0.717, 1.165) is 5.69 Å². The standard InChI is InChI=1S/C7H8ClNS/c1-10-7-3-2-6(4-8)9-5-7/h2-3,5H,4H2,1H3. The molecule has 0 amide bonds. The lowest BCUT2D eigenvalue weighted by molar-refractivity contribution is 1.13. The highest BCUT2D eigenvalue weighted by Crippen LogP contribution is 2.12. The van der Waals surface area contributed by atoms with Gasteiger partial charge in [-0.05, 0) is 18.4 Å². The smallest absolute Gasteiger partial charge is 0.0647 e. The summed E-state index contributed by atoms with van der Waals surface area (Å²) in [5.74, 6) is 0.495. The second-order valence-corrected chi connectivity index (χ2v) is 2.97. The molecule has 3 heteroatoms. The number of thioether (sulfide) groups is 1. The summed E-state index contributed by atoms with van der Waals surface area (Å²) in [5.41, 5.74) is 0.930. The number of hydrogen-bond acceptors (Lipinski definition) is 2. The highest BCUT2D eigenvalue weighted by atomic mass is 35.5. The van der Waals surface area contributed by atoms with Crippen LogP contribution in [0.1, 0.15) is 5.69 Å². The van der Waals surface area contributed by atoms with E-state index < -0.39 is 0 Å². The van der Waals surface area contributed by atoms with Crippen LogP contribution < -0.4 is 0 Å². The molecule has 0 aliphatic carbocycles. The van der Waals surface area contributed by atoms with Gasteiger partial charge in [0.1, 0.15) is 0 Å². The molecule has 0 fully saturated rings. The molecule has 1 rings (SSSR count). The first-order valence-corrected chi connectivity index (χ1v) is 4.67. The average molecular weight is 174 g/mol. The number of rotatable bonds is 2. The topological polar surface area (TPSA) is 12.9 Å². The van der Waals surface area contributed by atoms with E-state index >= 15 is 0 Å². The molecule has 0 bridgehead atoms. The zero-order valence-corrected chi connectivity index (χ0v) is 7.25. The molecule has 1 aromatic rings. The minimum absolute atomic E-state index is 0.495. The fourth-order valence-corrected chi connectivity index (χ4v) is 1.13. The Balaban J connectivity index is 2.80. The summed E-state index contributed by atoms with van der Waals surface area (Å²) in [6.07, 6.45) is 3.86. The van der Waals surface area contributed by atoms with Crippen LogP contribution in [0.15, 0.2) is 23.2 Å². The number of aromatic nitrogens is 1. The Morgan fingerprint density at radius 3 is 2.80 bits per heavy atom. The summed E-state index contributed by atoms with van der Waals surface area (Å²) in [6.45, 7) is 0. The normalized spacial score (nSPS) is 9.80. The first-order chi connectivity index (χ1) is 4.86. The minimum Gasteiger partial charge on any atom is -0.259 e.